The van der Waals surface area contributed by atoms with Crippen LogP contribution >= 0.6 is 0 Å². The fraction of sp³-hybridized carbons (Fsp3) is 0.476. The van der Waals surface area contributed by atoms with Crippen molar-refractivity contribution in [3.63, 3.8) is 0 Å². The summed E-state index contributed by atoms with van der Waals surface area (Å²) < 4.78 is 39.1. The molecule has 1 aromatic heterocycles. The van der Waals surface area contributed by atoms with E-state index in [1.54, 1.807) is 4.90 Å². The normalized spacial score (nSPS) is 17.2. The number of hydrogen-bond acceptors (Lipinski definition) is 4. The van der Waals surface area contributed by atoms with Crippen LogP contribution in [0.3, 0.4) is 0 Å². The van der Waals surface area contributed by atoms with Crippen LogP contribution in [0.5, 0.6) is 0 Å². The first-order valence-electron chi connectivity index (χ1n) is 9.91. The molecular weight excluding hydrogens is 381 g/mol. The van der Waals surface area contributed by atoms with E-state index in [1.165, 1.54) is 18.6 Å². The van der Waals surface area contributed by atoms with Crippen LogP contribution in [0.15, 0.2) is 24.3 Å². The Morgan fingerprint density at radius 1 is 1.07 bits per heavy atom. The van der Waals surface area contributed by atoms with E-state index in [1.807, 2.05) is 6.92 Å². The van der Waals surface area contributed by atoms with Gasteiger partial charge in [-0.1, -0.05) is 6.07 Å². The number of nitrogens with zero attached hydrogens (tertiary/aromatic N) is 4. The molecule has 2 aromatic rings. The molecule has 1 amide bonds. The molecule has 2 aliphatic heterocycles. The number of halogens is 3. The lowest BCUT2D eigenvalue weighted by Gasteiger charge is -2.34. The van der Waals surface area contributed by atoms with Gasteiger partial charge in [-0.2, -0.15) is 13.2 Å². The second kappa shape index (κ2) is 7.65. The third kappa shape index (κ3) is 4.06. The number of alkyl halides is 3. The maximum atomic E-state index is 13.0. The summed E-state index contributed by atoms with van der Waals surface area (Å²) in [6.07, 6.45) is -0.500. The molecular formula is C21H23F3N4O. The van der Waals surface area contributed by atoms with Crippen molar-refractivity contribution in [2.75, 3.05) is 24.5 Å². The number of aryl methyl sites for hydroxylation is 1. The molecule has 0 aliphatic carbocycles. The van der Waals surface area contributed by atoms with Crippen LogP contribution in [0.1, 0.15) is 52.3 Å². The Morgan fingerprint density at radius 2 is 1.83 bits per heavy atom. The van der Waals surface area contributed by atoms with Crippen molar-refractivity contribution >= 4 is 11.7 Å². The lowest BCUT2D eigenvalue weighted by molar-refractivity contribution is -0.137. The van der Waals surface area contributed by atoms with E-state index in [-0.39, 0.29) is 5.56 Å². The first kappa shape index (κ1) is 19.7. The van der Waals surface area contributed by atoms with Gasteiger partial charge >= 0.3 is 6.18 Å². The topological polar surface area (TPSA) is 49.3 Å². The smallest absolute Gasteiger partial charge is 0.356 e. The van der Waals surface area contributed by atoms with E-state index in [0.29, 0.717) is 25.3 Å². The highest BCUT2D eigenvalue weighted by atomic mass is 19.4. The summed E-state index contributed by atoms with van der Waals surface area (Å²) in [7, 11) is 0. The number of hydrogen-bond donors (Lipinski definition) is 0. The quantitative estimate of drug-likeness (QED) is 0.760. The van der Waals surface area contributed by atoms with Gasteiger partial charge in [-0.15, -0.1) is 0 Å². The van der Waals surface area contributed by atoms with E-state index in [4.69, 9.17) is 0 Å². The van der Waals surface area contributed by atoms with Gasteiger partial charge in [0.05, 0.1) is 17.8 Å². The number of rotatable bonds is 2. The van der Waals surface area contributed by atoms with E-state index >= 15 is 0 Å². The largest absolute Gasteiger partial charge is 0.416 e. The summed E-state index contributed by atoms with van der Waals surface area (Å²) >= 11 is 0. The zero-order valence-electron chi connectivity index (χ0n) is 16.3. The maximum Gasteiger partial charge on any atom is 0.416 e. The van der Waals surface area contributed by atoms with Crippen LogP contribution in [0.2, 0.25) is 0 Å². The highest BCUT2D eigenvalue weighted by molar-refractivity contribution is 5.94. The first-order valence-corrected chi connectivity index (χ1v) is 9.91. The van der Waals surface area contributed by atoms with Crippen LogP contribution in [-0.2, 0) is 19.1 Å². The van der Waals surface area contributed by atoms with Crippen LogP contribution in [-0.4, -0.2) is 40.4 Å². The third-order valence-corrected chi connectivity index (χ3v) is 5.53. The van der Waals surface area contributed by atoms with Crippen molar-refractivity contribution in [2.45, 2.75) is 45.3 Å². The van der Waals surface area contributed by atoms with Crippen LogP contribution < -0.4 is 4.90 Å². The molecule has 154 valence electrons. The summed E-state index contributed by atoms with van der Waals surface area (Å²) in [5.74, 6) is 1.18. The van der Waals surface area contributed by atoms with E-state index in [0.717, 1.165) is 55.1 Å². The molecule has 29 heavy (non-hydrogen) atoms. The standard InChI is InChI=1S/C21H23F3N4O/c1-14-25-18-8-11-28(13-17(18)19(26-14)27-9-3-2-4-10-27)20(29)15-6-5-7-16(12-15)21(22,23)24/h5-7,12H,2-4,8-11,13H2,1H3. The molecule has 8 heteroatoms. The van der Waals surface area contributed by atoms with Gasteiger partial charge < -0.3 is 9.80 Å². The SMILES string of the molecule is Cc1nc2c(c(N3CCCCC3)n1)CN(C(=O)c1cccc(C(F)(F)F)c1)CC2. The second-order valence-corrected chi connectivity index (χ2v) is 7.62. The van der Waals surface area contributed by atoms with Gasteiger partial charge in [-0.3, -0.25) is 4.79 Å². The average Bonchev–Trinajstić information content (AvgIpc) is 2.72. The molecule has 4 rings (SSSR count). The molecule has 0 bridgehead atoms. The van der Waals surface area contributed by atoms with Gasteiger partial charge in [0.2, 0.25) is 0 Å². The second-order valence-electron chi connectivity index (χ2n) is 7.62. The fourth-order valence-corrected chi connectivity index (χ4v) is 4.07. The Kier molecular flexibility index (Phi) is 5.19. The summed E-state index contributed by atoms with van der Waals surface area (Å²) in [6.45, 7) is 4.46. The molecule has 2 aliphatic rings. The minimum Gasteiger partial charge on any atom is -0.356 e. The van der Waals surface area contributed by atoms with Crippen LogP contribution in [0.25, 0.3) is 0 Å². The fourth-order valence-electron chi connectivity index (χ4n) is 4.07. The summed E-state index contributed by atoms with van der Waals surface area (Å²) in [5.41, 5.74) is 1.10. The number of anilines is 1. The number of piperidine rings is 1. The predicted molar refractivity (Wildman–Crippen MR) is 103 cm³/mol. The Hall–Kier alpha value is -2.64. The number of carbonyl (C=O) groups is 1. The molecule has 5 nitrogen and oxygen atoms in total. The summed E-state index contributed by atoms with van der Waals surface area (Å²) in [4.78, 5) is 26.0. The summed E-state index contributed by atoms with van der Waals surface area (Å²) in [6, 6.07) is 4.62. The van der Waals surface area contributed by atoms with E-state index in [9.17, 15) is 18.0 Å². The van der Waals surface area contributed by atoms with Gasteiger partial charge in [0.1, 0.15) is 11.6 Å². The van der Waals surface area contributed by atoms with Gasteiger partial charge in [0.25, 0.3) is 5.91 Å². The molecule has 1 aromatic carbocycles. The Balaban J connectivity index is 1.62. The van der Waals surface area contributed by atoms with Gasteiger partial charge in [0.15, 0.2) is 0 Å². The Morgan fingerprint density at radius 3 is 2.55 bits per heavy atom. The maximum absolute atomic E-state index is 13.0. The van der Waals surface area contributed by atoms with Crippen molar-refractivity contribution < 1.29 is 18.0 Å². The number of benzene rings is 1. The molecule has 3 heterocycles. The molecule has 1 fully saturated rings. The highest BCUT2D eigenvalue weighted by Crippen LogP contribution is 2.32. The molecule has 0 radical (unpaired) electrons. The van der Waals surface area contributed by atoms with Crippen molar-refractivity contribution in [1.82, 2.24) is 14.9 Å². The van der Waals surface area contributed by atoms with E-state index in [2.05, 4.69) is 14.9 Å². The zero-order chi connectivity index (χ0) is 20.6. The van der Waals surface area contributed by atoms with Crippen molar-refractivity contribution in [3.05, 3.63) is 52.5 Å². The number of carbonyl (C=O) groups excluding carboxylic acids is 1. The van der Waals surface area contributed by atoms with Crippen LogP contribution in [0, 0.1) is 6.92 Å². The monoisotopic (exact) mass is 404 g/mol. The van der Waals surface area contributed by atoms with Crippen molar-refractivity contribution in [1.29, 1.82) is 0 Å². The number of aromatic nitrogens is 2. The highest BCUT2D eigenvalue weighted by Gasteiger charge is 2.32. The molecule has 0 unspecified atom stereocenters. The average molecular weight is 404 g/mol. The van der Waals surface area contributed by atoms with E-state index < -0.39 is 17.6 Å². The Bertz CT molecular complexity index is 923. The minimum absolute atomic E-state index is 0.0517. The van der Waals surface area contributed by atoms with Crippen LogP contribution in [0.4, 0.5) is 19.0 Å². The molecule has 0 N–H and O–H groups in total. The molecule has 1 saturated heterocycles. The number of amides is 1. The van der Waals surface area contributed by atoms with Gasteiger partial charge in [0, 0.05) is 37.2 Å². The molecule has 0 atom stereocenters. The molecule has 0 saturated carbocycles. The minimum atomic E-state index is -4.47. The number of fused-ring (bicyclic) bond motifs is 1. The Labute approximate surface area is 167 Å². The first-order chi connectivity index (χ1) is 13.8. The van der Waals surface area contributed by atoms with Gasteiger partial charge in [-0.25, -0.2) is 9.97 Å². The predicted octanol–water partition coefficient (Wildman–Crippen LogP) is 3.99. The van der Waals surface area contributed by atoms with Crippen molar-refractivity contribution in [3.8, 4) is 0 Å². The lowest BCUT2D eigenvalue weighted by Crippen LogP contribution is -2.39. The third-order valence-electron chi connectivity index (χ3n) is 5.53. The lowest BCUT2D eigenvalue weighted by atomic mass is 10.0. The van der Waals surface area contributed by atoms with Crippen molar-refractivity contribution in [2.24, 2.45) is 0 Å². The zero-order valence-corrected chi connectivity index (χ0v) is 16.3. The molecule has 0 spiro atoms. The van der Waals surface area contributed by atoms with Gasteiger partial charge in [-0.05, 0) is 44.4 Å². The summed E-state index contributed by atoms with van der Waals surface area (Å²) in [5, 5.41) is 0.